The second-order valence-electron chi connectivity index (χ2n) is 11.6. The van der Waals surface area contributed by atoms with Crippen LogP contribution in [0.25, 0.3) is 10.8 Å². The van der Waals surface area contributed by atoms with Crippen LogP contribution in [-0.2, 0) is 41.3 Å². The van der Waals surface area contributed by atoms with Gasteiger partial charge in [-0.2, -0.15) is 0 Å². The van der Waals surface area contributed by atoms with Gasteiger partial charge in [-0.25, -0.2) is 9.59 Å². The zero-order chi connectivity index (χ0) is 34.1. The first-order valence-electron chi connectivity index (χ1n) is 16.8. The largest absolute Gasteiger partial charge is 0.490 e. The summed E-state index contributed by atoms with van der Waals surface area (Å²) in [5.74, 6) is 1.33. The number of hydrogen-bond acceptors (Lipinski definition) is 10. The SMILES string of the molecule is CCOCC(COc1c(CC2CO2)ccc2c(OCC3CO3)c(CC(COCC)OC(=O)NCCC[Si])ccc12)OC(=O)NCCC[Si]. The molecule has 4 atom stereocenters. The van der Waals surface area contributed by atoms with E-state index in [1.807, 2.05) is 38.1 Å². The normalized spacial score (nSPS) is 17.8. The number of alkyl carbamates (subject to hydrolysis) is 2. The molecule has 0 spiro atoms. The van der Waals surface area contributed by atoms with Crippen LogP contribution in [-0.4, -0.2) is 123 Å². The summed E-state index contributed by atoms with van der Waals surface area (Å²) in [5.41, 5.74) is 1.84. The molecular weight excluding hydrogens is 653 g/mol. The maximum atomic E-state index is 12.6. The number of rotatable bonds is 24. The molecule has 4 rings (SSSR count). The van der Waals surface area contributed by atoms with Crippen LogP contribution in [0.15, 0.2) is 24.3 Å². The maximum absolute atomic E-state index is 12.6. The molecule has 2 N–H and O–H groups in total. The van der Waals surface area contributed by atoms with Crippen molar-refractivity contribution in [2.24, 2.45) is 0 Å². The van der Waals surface area contributed by atoms with E-state index < -0.39 is 24.4 Å². The molecule has 2 aromatic carbocycles. The molecule has 2 saturated heterocycles. The molecular formula is C34H48N2O10Si2. The summed E-state index contributed by atoms with van der Waals surface area (Å²) in [6.45, 7) is 8.01. The van der Waals surface area contributed by atoms with Crippen LogP contribution in [0.3, 0.4) is 0 Å². The molecule has 12 nitrogen and oxygen atoms in total. The molecule has 0 bridgehead atoms. The van der Waals surface area contributed by atoms with Crippen LogP contribution in [0.2, 0.25) is 12.1 Å². The second kappa shape index (κ2) is 20.6. The number of epoxide rings is 2. The number of ether oxygens (including phenoxy) is 8. The Morgan fingerprint density at radius 1 is 0.771 bits per heavy atom. The summed E-state index contributed by atoms with van der Waals surface area (Å²) >= 11 is 0. The molecule has 2 aliphatic heterocycles. The summed E-state index contributed by atoms with van der Waals surface area (Å²) in [4.78, 5) is 25.1. The monoisotopic (exact) mass is 700 g/mol. The van der Waals surface area contributed by atoms with Gasteiger partial charge in [0.25, 0.3) is 0 Å². The standard InChI is InChI=1S/C34H48N2O10Si2/c1-3-39-17-26(45-33(37)35-11-5-13-47)16-24-8-10-29-30(32(24)43-21-27-20-42-27)9-7-23(15-25-19-41-25)31(29)44-22-28(18-40-4-2)46-34(38)36-12-6-14-48/h7-10,25-28H,3-6,11-22H2,1-2H3,(H,35,37)(H,36,38). The third kappa shape index (κ3) is 12.9. The van der Waals surface area contributed by atoms with Crippen LogP contribution < -0.4 is 20.1 Å². The van der Waals surface area contributed by atoms with E-state index in [9.17, 15) is 9.59 Å². The molecule has 2 fully saturated rings. The Morgan fingerprint density at radius 3 is 1.88 bits per heavy atom. The van der Waals surface area contributed by atoms with Gasteiger partial charge < -0.3 is 48.5 Å². The molecule has 48 heavy (non-hydrogen) atoms. The minimum Gasteiger partial charge on any atom is -0.490 e. The minimum absolute atomic E-state index is 0.0303. The van der Waals surface area contributed by atoms with Crippen molar-refractivity contribution in [1.29, 1.82) is 0 Å². The molecule has 14 heteroatoms. The van der Waals surface area contributed by atoms with Gasteiger partial charge in [-0.3, -0.25) is 0 Å². The van der Waals surface area contributed by atoms with Crippen LogP contribution in [0.5, 0.6) is 11.5 Å². The Morgan fingerprint density at radius 2 is 1.31 bits per heavy atom. The third-order valence-corrected chi connectivity index (χ3v) is 8.31. The lowest BCUT2D eigenvalue weighted by Crippen LogP contribution is -2.35. The lowest BCUT2D eigenvalue weighted by atomic mass is 9.97. The molecule has 2 aliphatic rings. The Labute approximate surface area is 290 Å². The van der Waals surface area contributed by atoms with E-state index in [0.717, 1.165) is 46.8 Å². The Kier molecular flexibility index (Phi) is 16.3. The van der Waals surface area contributed by atoms with E-state index >= 15 is 0 Å². The van der Waals surface area contributed by atoms with Crippen molar-refractivity contribution in [1.82, 2.24) is 10.6 Å². The van der Waals surface area contributed by atoms with E-state index in [-0.39, 0.29) is 32.0 Å². The summed E-state index contributed by atoms with van der Waals surface area (Å²) < 4.78 is 46.7. The van der Waals surface area contributed by atoms with E-state index in [4.69, 9.17) is 37.9 Å². The first-order valence-corrected chi connectivity index (χ1v) is 18.3. The second-order valence-corrected chi connectivity index (χ2v) is 12.6. The topological polar surface area (TPSA) is 139 Å². The van der Waals surface area contributed by atoms with Gasteiger partial charge >= 0.3 is 12.2 Å². The number of nitrogens with one attached hydrogen (secondary N) is 2. The number of carbonyl (C=O) groups excluding carboxylic acids is 2. The fourth-order valence-corrected chi connectivity index (χ4v) is 5.34. The highest BCUT2D eigenvalue weighted by molar-refractivity contribution is 6.08. The molecule has 2 amide bonds. The molecule has 4 unspecified atom stereocenters. The van der Waals surface area contributed by atoms with Gasteiger partial charge in [-0.15, -0.1) is 0 Å². The van der Waals surface area contributed by atoms with Crippen molar-refractivity contribution in [2.45, 2.75) is 76.0 Å². The Hall–Kier alpha value is -2.89. The van der Waals surface area contributed by atoms with Gasteiger partial charge in [-0.05, 0) is 37.8 Å². The lowest BCUT2D eigenvalue weighted by Gasteiger charge is -2.23. The van der Waals surface area contributed by atoms with E-state index in [2.05, 4.69) is 31.1 Å². The Bertz CT molecular complexity index is 1290. The number of carbonyl (C=O) groups is 2. The predicted octanol–water partition coefficient (Wildman–Crippen LogP) is 3.70. The van der Waals surface area contributed by atoms with Gasteiger partial charge in [0.15, 0.2) is 6.10 Å². The van der Waals surface area contributed by atoms with E-state index in [1.165, 1.54) is 0 Å². The molecule has 2 aromatic rings. The fraction of sp³-hybridized carbons (Fsp3) is 0.647. The van der Waals surface area contributed by atoms with Crippen LogP contribution >= 0.6 is 0 Å². The van der Waals surface area contributed by atoms with Gasteiger partial charge in [0, 0.05) is 70.4 Å². The number of fused-ring (bicyclic) bond motifs is 1. The third-order valence-electron chi connectivity index (χ3n) is 7.60. The highest BCUT2D eigenvalue weighted by Gasteiger charge is 2.28. The maximum Gasteiger partial charge on any atom is 0.407 e. The molecule has 0 saturated carbocycles. The summed E-state index contributed by atoms with van der Waals surface area (Å²) in [6, 6.07) is 9.58. The molecule has 262 valence electrons. The molecule has 2 heterocycles. The Balaban J connectivity index is 1.62. The van der Waals surface area contributed by atoms with Gasteiger partial charge in [0.05, 0.1) is 32.5 Å². The van der Waals surface area contributed by atoms with Crippen LogP contribution in [0, 0.1) is 0 Å². The highest BCUT2D eigenvalue weighted by Crippen LogP contribution is 2.40. The van der Waals surface area contributed by atoms with Crippen molar-refractivity contribution in [3.05, 3.63) is 35.4 Å². The van der Waals surface area contributed by atoms with Gasteiger partial charge in [0.1, 0.15) is 36.9 Å². The lowest BCUT2D eigenvalue weighted by molar-refractivity contribution is 0.00180. The van der Waals surface area contributed by atoms with Crippen molar-refractivity contribution in [3.8, 4) is 11.5 Å². The molecule has 0 aliphatic carbocycles. The first-order chi connectivity index (χ1) is 23.4. The smallest absolute Gasteiger partial charge is 0.407 e. The summed E-state index contributed by atoms with van der Waals surface area (Å²) in [5, 5.41) is 7.25. The highest BCUT2D eigenvalue weighted by atomic mass is 28.1. The summed E-state index contributed by atoms with van der Waals surface area (Å²) in [7, 11) is 6.84. The van der Waals surface area contributed by atoms with E-state index in [0.29, 0.717) is 70.5 Å². The van der Waals surface area contributed by atoms with Gasteiger partial charge in [0.2, 0.25) is 0 Å². The van der Waals surface area contributed by atoms with Crippen LogP contribution in [0.1, 0.15) is 37.8 Å². The summed E-state index contributed by atoms with van der Waals surface area (Å²) in [6.07, 6.45) is 0.606. The van der Waals surface area contributed by atoms with Gasteiger partial charge in [-0.1, -0.05) is 36.4 Å². The fourth-order valence-electron chi connectivity index (χ4n) is 4.99. The van der Waals surface area contributed by atoms with Crippen molar-refractivity contribution in [2.75, 3.05) is 65.9 Å². The zero-order valence-corrected chi connectivity index (χ0v) is 30.0. The van der Waals surface area contributed by atoms with Crippen molar-refractivity contribution in [3.63, 3.8) is 0 Å². The van der Waals surface area contributed by atoms with Crippen molar-refractivity contribution >= 4 is 43.4 Å². The van der Waals surface area contributed by atoms with Crippen LogP contribution in [0.4, 0.5) is 9.59 Å². The molecule has 6 radical (unpaired) electrons. The predicted molar refractivity (Wildman–Crippen MR) is 182 cm³/mol. The molecule has 0 aromatic heterocycles. The average molecular weight is 701 g/mol. The quantitative estimate of drug-likeness (QED) is 0.0948. The van der Waals surface area contributed by atoms with Crippen molar-refractivity contribution < 1.29 is 47.5 Å². The van der Waals surface area contributed by atoms with E-state index in [1.54, 1.807) is 0 Å². The first kappa shape index (κ1) is 37.9. The average Bonchev–Trinajstić information content (AvgIpc) is 4.02. The number of hydrogen-bond donors (Lipinski definition) is 2. The number of benzene rings is 2. The minimum atomic E-state index is -0.632. The zero-order valence-electron chi connectivity index (χ0n) is 28.0. The number of amides is 2.